The Kier molecular flexibility index (Phi) is 5.73. The Morgan fingerprint density at radius 2 is 1.68 bits per heavy atom. The van der Waals surface area contributed by atoms with E-state index in [4.69, 9.17) is 4.52 Å². The van der Waals surface area contributed by atoms with Gasteiger partial charge in [-0.25, -0.2) is 8.78 Å². The van der Waals surface area contributed by atoms with Gasteiger partial charge in [0.05, 0.1) is 12.1 Å². The summed E-state index contributed by atoms with van der Waals surface area (Å²) in [4.78, 5) is 5.78. The highest BCUT2D eigenvalue weighted by atomic mass is 19.4. The maximum atomic E-state index is 13.8. The van der Waals surface area contributed by atoms with Crippen molar-refractivity contribution in [2.75, 3.05) is 6.54 Å². The Bertz CT molecular complexity index is 934. The summed E-state index contributed by atoms with van der Waals surface area (Å²) in [6.07, 6.45) is -4.48. The van der Waals surface area contributed by atoms with E-state index in [1.807, 2.05) is 0 Å². The lowest BCUT2D eigenvalue weighted by Gasteiger charge is -2.18. The summed E-state index contributed by atoms with van der Waals surface area (Å²) in [6.45, 7) is 2.31. The third-order valence-electron chi connectivity index (χ3n) is 4.17. The fourth-order valence-corrected chi connectivity index (χ4v) is 2.65. The molecular weight excluding hydrogens is 381 g/mol. The second kappa shape index (κ2) is 8.05. The molecular formula is C19H16F5N3O. The molecule has 9 heteroatoms. The van der Waals surface area contributed by atoms with Crippen LogP contribution in [0, 0.1) is 11.6 Å². The molecule has 0 saturated heterocycles. The van der Waals surface area contributed by atoms with Crippen LogP contribution in [-0.4, -0.2) is 21.6 Å². The third kappa shape index (κ3) is 4.53. The van der Waals surface area contributed by atoms with Crippen LogP contribution < -0.4 is 0 Å². The Morgan fingerprint density at radius 1 is 1.00 bits per heavy atom. The molecule has 0 atom stereocenters. The zero-order valence-corrected chi connectivity index (χ0v) is 14.8. The predicted molar refractivity (Wildman–Crippen MR) is 90.9 cm³/mol. The van der Waals surface area contributed by atoms with Gasteiger partial charge < -0.3 is 4.52 Å². The summed E-state index contributed by atoms with van der Waals surface area (Å²) in [5.41, 5.74) is -0.739. The number of alkyl halides is 3. The molecule has 28 heavy (non-hydrogen) atoms. The molecule has 4 nitrogen and oxygen atoms in total. The predicted octanol–water partition coefficient (Wildman–Crippen LogP) is 5.06. The van der Waals surface area contributed by atoms with Gasteiger partial charge in [-0.2, -0.15) is 18.2 Å². The molecule has 0 fully saturated rings. The average molecular weight is 397 g/mol. The molecule has 0 bridgehead atoms. The first kappa shape index (κ1) is 19.9. The minimum absolute atomic E-state index is 0.00854. The van der Waals surface area contributed by atoms with E-state index < -0.39 is 23.4 Å². The molecule has 0 radical (unpaired) electrons. The summed E-state index contributed by atoms with van der Waals surface area (Å²) in [5, 5.41) is 3.71. The Labute approximate surface area is 157 Å². The van der Waals surface area contributed by atoms with Crippen LogP contribution in [0.4, 0.5) is 22.0 Å². The molecule has 3 rings (SSSR count). The van der Waals surface area contributed by atoms with Gasteiger partial charge in [0, 0.05) is 17.7 Å². The maximum absolute atomic E-state index is 13.8. The molecule has 3 aromatic rings. The molecule has 148 valence electrons. The number of hydrogen-bond acceptors (Lipinski definition) is 4. The highest BCUT2D eigenvalue weighted by Crippen LogP contribution is 2.31. The molecule has 0 aliphatic rings. The first-order valence-electron chi connectivity index (χ1n) is 8.43. The largest absolute Gasteiger partial charge is 0.416 e. The molecule has 0 aliphatic heterocycles. The minimum Gasteiger partial charge on any atom is -0.338 e. The van der Waals surface area contributed by atoms with E-state index in [1.54, 1.807) is 11.8 Å². The third-order valence-corrected chi connectivity index (χ3v) is 4.17. The van der Waals surface area contributed by atoms with E-state index in [0.717, 1.165) is 12.1 Å². The highest BCUT2D eigenvalue weighted by Gasteiger charge is 2.30. The van der Waals surface area contributed by atoms with Crippen molar-refractivity contribution in [3.8, 4) is 11.4 Å². The molecule has 2 aromatic carbocycles. The van der Waals surface area contributed by atoms with Crippen LogP contribution in [0.5, 0.6) is 0 Å². The summed E-state index contributed by atoms with van der Waals surface area (Å²) in [6, 6.07) is 8.20. The number of benzene rings is 2. The molecule has 1 aromatic heterocycles. The van der Waals surface area contributed by atoms with Gasteiger partial charge in [-0.3, -0.25) is 4.90 Å². The first-order chi connectivity index (χ1) is 13.3. The van der Waals surface area contributed by atoms with Crippen LogP contribution in [0.3, 0.4) is 0 Å². The fourth-order valence-electron chi connectivity index (χ4n) is 2.65. The van der Waals surface area contributed by atoms with Crippen molar-refractivity contribution >= 4 is 0 Å². The van der Waals surface area contributed by atoms with Crippen molar-refractivity contribution in [3.63, 3.8) is 0 Å². The summed E-state index contributed by atoms with van der Waals surface area (Å²) < 4.78 is 71.3. The van der Waals surface area contributed by atoms with E-state index in [2.05, 4.69) is 10.1 Å². The normalized spacial score (nSPS) is 12.0. The van der Waals surface area contributed by atoms with Crippen LogP contribution >= 0.6 is 0 Å². The lowest BCUT2D eigenvalue weighted by atomic mass is 10.1. The number of hydrogen-bond donors (Lipinski definition) is 0. The van der Waals surface area contributed by atoms with E-state index in [0.29, 0.717) is 6.54 Å². The molecule has 0 unspecified atom stereocenters. The lowest BCUT2D eigenvalue weighted by Crippen LogP contribution is -2.23. The van der Waals surface area contributed by atoms with Crippen LogP contribution in [0.25, 0.3) is 11.4 Å². The van der Waals surface area contributed by atoms with Crippen LogP contribution in [-0.2, 0) is 19.3 Å². The first-order valence-corrected chi connectivity index (χ1v) is 8.43. The standard InChI is InChI=1S/C19H16F5N3O/c1-2-27(10-14-15(20)7-4-8-16(14)21)11-17-25-18(26-28-17)12-5-3-6-13(9-12)19(22,23)24/h3-9H,2,10-11H2,1H3. The summed E-state index contributed by atoms with van der Waals surface area (Å²) in [7, 11) is 0. The lowest BCUT2D eigenvalue weighted by molar-refractivity contribution is -0.137. The van der Waals surface area contributed by atoms with Gasteiger partial charge in [-0.1, -0.05) is 30.3 Å². The van der Waals surface area contributed by atoms with Gasteiger partial charge in [-0.15, -0.1) is 0 Å². The molecule has 0 amide bonds. The Hall–Kier alpha value is -2.81. The van der Waals surface area contributed by atoms with Gasteiger partial charge in [0.2, 0.25) is 11.7 Å². The van der Waals surface area contributed by atoms with E-state index >= 15 is 0 Å². The van der Waals surface area contributed by atoms with Gasteiger partial charge >= 0.3 is 6.18 Å². The average Bonchev–Trinajstić information content (AvgIpc) is 3.12. The zero-order valence-electron chi connectivity index (χ0n) is 14.8. The van der Waals surface area contributed by atoms with E-state index in [1.165, 1.54) is 30.3 Å². The number of nitrogens with zero attached hydrogens (tertiary/aromatic N) is 3. The quantitative estimate of drug-likeness (QED) is 0.546. The number of aromatic nitrogens is 2. The molecule has 0 N–H and O–H groups in total. The molecule has 0 spiro atoms. The molecule has 1 heterocycles. The Balaban J connectivity index is 1.76. The van der Waals surface area contributed by atoms with Crippen molar-refractivity contribution in [2.24, 2.45) is 0 Å². The topological polar surface area (TPSA) is 42.2 Å². The zero-order chi connectivity index (χ0) is 20.3. The van der Waals surface area contributed by atoms with Gasteiger partial charge in [0.1, 0.15) is 11.6 Å². The van der Waals surface area contributed by atoms with Gasteiger partial charge in [-0.05, 0) is 30.8 Å². The van der Waals surface area contributed by atoms with Crippen molar-refractivity contribution in [2.45, 2.75) is 26.2 Å². The monoisotopic (exact) mass is 397 g/mol. The summed E-state index contributed by atoms with van der Waals surface area (Å²) >= 11 is 0. The SMILES string of the molecule is CCN(Cc1nc(-c2cccc(C(F)(F)F)c2)no1)Cc1c(F)cccc1F. The van der Waals surface area contributed by atoms with Crippen molar-refractivity contribution in [1.82, 2.24) is 15.0 Å². The van der Waals surface area contributed by atoms with Crippen molar-refractivity contribution in [1.29, 1.82) is 0 Å². The van der Waals surface area contributed by atoms with Gasteiger partial charge in [0.15, 0.2) is 0 Å². The Morgan fingerprint density at radius 3 is 2.32 bits per heavy atom. The fraction of sp³-hybridized carbons (Fsp3) is 0.263. The highest BCUT2D eigenvalue weighted by molar-refractivity contribution is 5.55. The van der Waals surface area contributed by atoms with Crippen LogP contribution in [0.1, 0.15) is 23.9 Å². The second-order valence-corrected chi connectivity index (χ2v) is 6.09. The second-order valence-electron chi connectivity index (χ2n) is 6.09. The molecule has 0 aliphatic carbocycles. The van der Waals surface area contributed by atoms with Crippen molar-refractivity contribution in [3.05, 3.63) is 71.1 Å². The van der Waals surface area contributed by atoms with E-state index in [9.17, 15) is 22.0 Å². The minimum atomic E-state index is -4.48. The maximum Gasteiger partial charge on any atom is 0.416 e. The summed E-state index contributed by atoms with van der Waals surface area (Å²) in [5.74, 6) is -1.18. The van der Waals surface area contributed by atoms with Gasteiger partial charge in [0.25, 0.3) is 0 Å². The molecule has 0 saturated carbocycles. The van der Waals surface area contributed by atoms with Crippen LogP contribution in [0.2, 0.25) is 0 Å². The van der Waals surface area contributed by atoms with Crippen molar-refractivity contribution < 1.29 is 26.5 Å². The van der Waals surface area contributed by atoms with E-state index in [-0.39, 0.29) is 35.9 Å². The smallest absolute Gasteiger partial charge is 0.338 e. The van der Waals surface area contributed by atoms with Crippen LogP contribution in [0.15, 0.2) is 47.0 Å². The number of rotatable bonds is 6. The number of halogens is 5.